The molecule has 0 N–H and O–H groups in total. The summed E-state index contributed by atoms with van der Waals surface area (Å²) in [5, 5.41) is 0. The zero-order valence-electron chi connectivity index (χ0n) is 29.5. The molecular formula is C38H49FO10. The van der Waals surface area contributed by atoms with Crippen LogP contribution in [0.5, 0.6) is 46.0 Å². The fourth-order valence-corrected chi connectivity index (χ4v) is 4.38. The van der Waals surface area contributed by atoms with E-state index in [2.05, 4.69) is 0 Å². The third-order valence-electron chi connectivity index (χ3n) is 6.60. The summed E-state index contributed by atoms with van der Waals surface area (Å²) in [5.41, 5.74) is 0.0541. The highest BCUT2D eigenvalue weighted by Gasteiger charge is 2.26. The Balaban J connectivity index is 1.91. The molecule has 3 aromatic carbocycles. The first-order chi connectivity index (χ1) is 23.8. The van der Waals surface area contributed by atoms with Crippen LogP contribution in [0.25, 0.3) is 0 Å². The van der Waals surface area contributed by atoms with Gasteiger partial charge in [0.1, 0.15) is 51.4 Å². The zero-order valence-corrected chi connectivity index (χ0v) is 29.5. The molecule has 11 heteroatoms. The van der Waals surface area contributed by atoms with Crippen molar-refractivity contribution in [1.29, 1.82) is 0 Å². The second-order valence-electron chi connectivity index (χ2n) is 11.1. The number of benzene rings is 3. The largest absolute Gasteiger partial charge is 0.493 e. The summed E-state index contributed by atoms with van der Waals surface area (Å²) in [6.45, 7) is 14.0. The zero-order chi connectivity index (χ0) is 35.6. The molecule has 0 aliphatic rings. The quantitative estimate of drug-likeness (QED) is 0.0752. The summed E-state index contributed by atoms with van der Waals surface area (Å²) >= 11 is 0. The van der Waals surface area contributed by atoms with Crippen molar-refractivity contribution in [3.8, 4) is 46.0 Å². The monoisotopic (exact) mass is 684 g/mol. The van der Waals surface area contributed by atoms with Gasteiger partial charge in [0.25, 0.3) is 0 Å². The molecule has 0 aliphatic carbocycles. The maximum absolute atomic E-state index is 15.4. The molecule has 0 heterocycles. The Morgan fingerprint density at radius 1 is 0.449 bits per heavy atom. The van der Waals surface area contributed by atoms with Crippen molar-refractivity contribution < 1.29 is 51.9 Å². The Labute approximate surface area is 288 Å². The van der Waals surface area contributed by atoms with Crippen LogP contribution in [-0.4, -0.2) is 51.6 Å². The van der Waals surface area contributed by atoms with E-state index in [0.717, 1.165) is 18.9 Å². The van der Waals surface area contributed by atoms with Gasteiger partial charge in [-0.25, -0.2) is 14.0 Å². The van der Waals surface area contributed by atoms with Crippen LogP contribution in [0.15, 0.2) is 42.5 Å². The Morgan fingerprint density at radius 2 is 0.796 bits per heavy atom. The van der Waals surface area contributed by atoms with Gasteiger partial charge in [-0.3, -0.25) is 0 Å². The number of hydrogen-bond acceptors (Lipinski definition) is 10. The molecule has 3 aromatic rings. The number of carbonyl (C=O) groups excluding carboxylic acids is 2. The Bertz CT molecular complexity index is 1450. The number of esters is 2. The smallest absolute Gasteiger partial charge is 0.351 e. The Hall–Kier alpha value is -4.67. The Kier molecular flexibility index (Phi) is 16.3. The molecule has 268 valence electrons. The van der Waals surface area contributed by atoms with Gasteiger partial charge >= 0.3 is 11.9 Å². The normalized spacial score (nSPS) is 10.7. The molecule has 10 nitrogen and oxygen atoms in total. The number of hydrogen-bond donors (Lipinski definition) is 0. The van der Waals surface area contributed by atoms with Crippen LogP contribution in [0.1, 0.15) is 101 Å². The molecule has 49 heavy (non-hydrogen) atoms. The van der Waals surface area contributed by atoms with E-state index in [9.17, 15) is 9.59 Å². The van der Waals surface area contributed by atoms with Gasteiger partial charge in [0.15, 0.2) is 11.6 Å². The molecule has 0 bridgehead atoms. The lowest BCUT2D eigenvalue weighted by molar-refractivity contribution is 0.0703. The lowest BCUT2D eigenvalue weighted by Crippen LogP contribution is -2.16. The van der Waals surface area contributed by atoms with Gasteiger partial charge in [-0.05, 0) is 50.7 Å². The first-order valence-electron chi connectivity index (χ1n) is 17.2. The van der Waals surface area contributed by atoms with Gasteiger partial charge in [-0.1, -0.05) is 41.5 Å². The molecular weight excluding hydrogens is 635 g/mol. The van der Waals surface area contributed by atoms with Crippen molar-refractivity contribution in [1.82, 2.24) is 0 Å². The summed E-state index contributed by atoms with van der Waals surface area (Å²) in [5.74, 6) is -1.31. The molecule has 3 rings (SSSR count). The van der Waals surface area contributed by atoms with E-state index in [1.165, 1.54) is 12.1 Å². The standard InChI is InChI=1S/C38H49FO10/c1-7-15-42-27-22-31(44-17-9-3)35(32(23-27)45-18-10-4)37(40)48-26-13-14-30(29(39)21-26)49-38(41)36-33(46-19-11-5)24-28(43-16-8-2)25-34(36)47-20-12-6/h13-14,21-25H,7-12,15-20H2,1-6H3. The minimum atomic E-state index is -0.929. The van der Waals surface area contributed by atoms with Crippen LogP contribution in [-0.2, 0) is 0 Å². The third-order valence-corrected chi connectivity index (χ3v) is 6.60. The summed E-state index contributed by atoms with van der Waals surface area (Å²) in [7, 11) is 0. The number of halogens is 1. The van der Waals surface area contributed by atoms with Gasteiger partial charge in [-0.15, -0.1) is 0 Å². The highest BCUT2D eigenvalue weighted by molar-refractivity contribution is 5.98. The average molecular weight is 685 g/mol. The highest BCUT2D eigenvalue weighted by Crippen LogP contribution is 2.38. The van der Waals surface area contributed by atoms with Crippen molar-refractivity contribution in [2.75, 3.05) is 39.6 Å². The molecule has 0 aromatic heterocycles. The van der Waals surface area contributed by atoms with Crippen LogP contribution in [0.3, 0.4) is 0 Å². The van der Waals surface area contributed by atoms with E-state index < -0.39 is 17.8 Å². The van der Waals surface area contributed by atoms with Gasteiger partial charge in [0.05, 0.1) is 39.6 Å². The van der Waals surface area contributed by atoms with Crippen LogP contribution < -0.4 is 37.9 Å². The molecule has 0 saturated heterocycles. The maximum atomic E-state index is 15.4. The van der Waals surface area contributed by atoms with Crippen LogP contribution in [0, 0.1) is 5.82 Å². The van der Waals surface area contributed by atoms with Crippen LogP contribution in [0.4, 0.5) is 4.39 Å². The first-order valence-corrected chi connectivity index (χ1v) is 17.2. The topological polar surface area (TPSA) is 108 Å². The predicted octanol–water partition coefficient (Wildman–Crippen LogP) is 9.00. The van der Waals surface area contributed by atoms with Crippen molar-refractivity contribution in [3.63, 3.8) is 0 Å². The number of ether oxygens (including phenoxy) is 8. The van der Waals surface area contributed by atoms with E-state index in [1.54, 1.807) is 24.3 Å². The van der Waals surface area contributed by atoms with Gasteiger partial charge in [0.2, 0.25) is 0 Å². The third kappa shape index (κ3) is 11.5. The van der Waals surface area contributed by atoms with E-state index in [0.29, 0.717) is 76.8 Å². The lowest BCUT2D eigenvalue weighted by Gasteiger charge is -2.18. The average Bonchev–Trinajstić information content (AvgIpc) is 3.10. The Morgan fingerprint density at radius 3 is 1.14 bits per heavy atom. The van der Waals surface area contributed by atoms with E-state index >= 15 is 4.39 Å². The second kappa shape index (κ2) is 20.6. The fraction of sp³-hybridized carbons (Fsp3) is 0.474. The van der Waals surface area contributed by atoms with Crippen LogP contribution in [0.2, 0.25) is 0 Å². The highest BCUT2D eigenvalue weighted by atomic mass is 19.1. The fourth-order valence-electron chi connectivity index (χ4n) is 4.38. The van der Waals surface area contributed by atoms with Gasteiger partial charge in [-0.2, -0.15) is 0 Å². The molecule has 0 spiro atoms. The number of rotatable bonds is 22. The maximum Gasteiger partial charge on any atom is 0.351 e. The van der Waals surface area contributed by atoms with Crippen molar-refractivity contribution >= 4 is 11.9 Å². The molecule has 0 amide bonds. The predicted molar refractivity (Wildman–Crippen MR) is 184 cm³/mol. The minimum Gasteiger partial charge on any atom is -0.493 e. The molecule has 0 fully saturated rings. The minimum absolute atomic E-state index is 0.00577. The van der Waals surface area contributed by atoms with Crippen molar-refractivity contribution in [3.05, 3.63) is 59.4 Å². The molecule has 0 aliphatic heterocycles. The molecule has 0 saturated carbocycles. The van der Waals surface area contributed by atoms with Gasteiger partial charge < -0.3 is 37.9 Å². The van der Waals surface area contributed by atoms with Gasteiger partial charge in [0, 0.05) is 30.3 Å². The van der Waals surface area contributed by atoms with E-state index in [1.807, 2.05) is 41.5 Å². The van der Waals surface area contributed by atoms with E-state index in [4.69, 9.17) is 37.9 Å². The molecule has 0 radical (unpaired) electrons. The van der Waals surface area contributed by atoms with E-state index in [-0.39, 0.29) is 45.6 Å². The summed E-state index contributed by atoms with van der Waals surface area (Å²) in [6.07, 6.45) is 4.33. The first kappa shape index (κ1) is 38.8. The number of carbonyl (C=O) groups is 2. The van der Waals surface area contributed by atoms with Crippen molar-refractivity contribution in [2.24, 2.45) is 0 Å². The SMILES string of the molecule is CCCOc1cc(OCCC)c(C(=O)Oc2ccc(OC(=O)c3c(OCCC)cc(OCCC)cc3OCCC)c(F)c2)c(OCCC)c1. The summed E-state index contributed by atoms with van der Waals surface area (Å²) in [4.78, 5) is 27.1. The van der Waals surface area contributed by atoms with Crippen molar-refractivity contribution in [2.45, 2.75) is 80.1 Å². The second-order valence-corrected chi connectivity index (χ2v) is 11.1. The van der Waals surface area contributed by atoms with Crippen LogP contribution >= 0.6 is 0 Å². The lowest BCUT2D eigenvalue weighted by atomic mass is 10.1. The summed E-state index contributed by atoms with van der Waals surface area (Å²) < 4.78 is 61.6. The molecule has 0 unspecified atom stereocenters. The summed E-state index contributed by atoms with van der Waals surface area (Å²) in [6, 6.07) is 9.91. The molecule has 0 atom stereocenters.